The van der Waals surface area contributed by atoms with Crippen molar-refractivity contribution in [2.45, 2.75) is 25.4 Å². The van der Waals surface area contributed by atoms with E-state index >= 15 is 0 Å². The van der Waals surface area contributed by atoms with Gasteiger partial charge in [-0.1, -0.05) is 36.4 Å². The molecule has 2 atom stereocenters. The number of nitrogens with one attached hydrogen (secondary N) is 1. The Morgan fingerprint density at radius 2 is 2.08 bits per heavy atom. The molecule has 26 heavy (non-hydrogen) atoms. The highest BCUT2D eigenvalue weighted by Crippen LogP contribution is 2.36. The molecule has 4 nitrogen and oxygen atoms in total. The molecule has 0 radical (unpaired) electrons. The molecule has 1 aromatic heterocycles. The maximum absolute atomic E-state index is 4.50. The van der Waals surface area contributed by atoms with E-state index in [9.17, 15) is 0 Å². The Labute approximate surface area is 161 Å². The molecule has 1 aliphatic rings. The number of guanidine groups is 1. The van der Waals surface area contributed by atoms with Crippen molar-refractivity contribution in [1.29, 1.82) is 0 Å². The number of thiophene rings is 1. The third-order valence-electron chi connectivity index (χ3n) is 5.20. The summed E-state index contributed by atoms with van der Waals surface area (Å²) in [6, 6.07) is 15.5. The van der Waals surface area contributed by atoms with E-state index in [2.05, 4.69) is 82.0 Å². The van der Waals surface area contributed by atoms with Gasteiger partial charge in [0.2, 0.25) is 0 Å². The first kappa shape index (κ1) is 18.9. The summed E-state index contributed by atoms with van der Waals surface area (Å²) in [6.45, 7) is 3.00. The number of piperidine rings is 1. The van der Waals surface area contributed by atoms with Crippen LogP contribution in [0.25, 0.3) is 0 Å². The van der Waals surface area contributed by atoms with Crippen molar-refractivity contribution < 1.29 is 0 Å². The normalized spacial score (nSPS) is 21.6. The number of likely N-dealkylation sites (tertiary alicyclic amines) is 1. The first-order chi connectivity index (χ1) is 12.7. The van der Waals surface area contributed by atoms with Crippen molar-refractivity contribution in [2.24, 2.45) is 10.9 Å². The minimum atomic E-state index is 0.508. The van der Waals surface area contributed by atoms with Gasteiger partial charge in [-0.15, -0.1) is 11.3 Å². The lowest BCUT2D eigenvalue weighted by Crippen LogP contribution is -2.45. The van der Waals surface area contributed by atoms with Crippen LogP contribution in [0, 0.1) is 5.92 Å². The van der Waals surface area contributed by atoms with Crippen LogP contribution in [0.5, 0.6) is 0 Å². The van der Waals surface area contributed by atoms with Crippen LogP contribution < -0.4 is 5.32 Å². The van der Waals surface area contributed by atoms with Gasteiger partial charge in [0.25, 0.3) is 0 Å². The van der Waals surface area contributed by atoms with Crippen molar-refractivity contribution >= 4 is 17.3 Å². The van der Waals surface area contributed by atoms with Gasteiger partial charge in [0.05, 0.1) is 0 Å². The largest absolute Gasteiger partial charge is 0.356 e. The van der Waals surface area contributed by atoms with Crippen LogP contribution in [0.4, 0.5) is 0 Å². The van der Waals surface area contributed by atoms with E-state index in [1.807, 2.05) is 18.4 Å². The Balaban J connectivity index is 1.61. The molecule has 2 unspecified atom stereocenters. The quantitative estimate of drug-likeness (QED) is 0.641. The molecule has 1 N–H and O–H groups in total. The zero-order valence-electron chi connectivity index (χ0n) is 16.1. The molecule has 140 valence electrons. The van der Waals surface area contributed by atoms with E-state index in [-0.39, 0.29) is 0 Å². The van der Waals surface area contributed by atoms with Crippen molar-refractivity contribution in [2.75, 3.05) is 34.2 Å². The van der Waals surface area contributed by atoms with Gasteiger partial charge in [0.1, 0.15) is 0 Å². The first-order valence-corrected chi connectivity index (χ1v) is 10.3. The van der Waals surface area contributed by atoms with Crippen LogP contribution in [0.3, 0.4) is 0 Å². The van der Waals surface area contributed by atoms with Crippen molar-refractivity contribution in [3.05, 3.63) is 58.3 Å². The highest BCUT2D eigenvalue weighted by molar-refractivity contribution is 7.10. The Morgan fingerprint density at radius 3 is 2.77 bits per heavy atom. The minimum Gasteiger partial charge on any atom is -0.356 e. The number of aliphatic imine (C=N–C) groups is 1. The maximum Gasteiger partial charge on any atom is 0.193 e. The molecule has 2 heterocycles. The topological polar surface area (TPSA) is 30.9 Å². The molecule has 0 spiro atoms. The SMILES string of the molecule is CN=C(NCC1CCCN(C)C1c1cccs1)N(C)Cc1ccccc1. The number of benzene rings is 1. The summed E-state index contributed by atoms with van der Waals surface area (Å²) in [5.41, 5.74) is 1.30. The predicted octanol–water partition coefficient (Wildman–Crippen LogP) is 3.84. The highest BCUT2D eigenvalue weighted by atomic mass is 32.1. The van der Waals surface area contributed by atoms with E-state index in [0.29, 0.717) is 12.0 Å². The number of hydrogen-bond donors (Lipinski definition) is 1. The van der Waals surface area contributed by atoms with E-state index < -0.39 is 0 Å². The minimum absolute atomic E-state index is 0.508. The molecule has 3 rings (SSSR count). The van der Waals surface area contributed by atoms with Crippen LogP contribution in [-0.2, 0) is 6.54 Å². The molecule has 5 heteroatoms. The summed E-state index contributed by atoms with van der Waals surface area (Å²) < 4.78 is 0. The fourth-order valence-corrected chi connectivity index (χ4v) is 4.90. The summed E-state index contributed by atoms with van der Waals surface area (Å²) in [6.07, 6.45) is 2.53. The lowest BCUT2D eigenvalue weighted by molar-refractivity contribution is 0.124. The van der Waals surface area contributed by atoms with Crippen molar-refractivity contribution in [3.63, 3.8) is 0 Å². The summed E-state index contributed by atoms with van der Waals surface area (Å²) >= 11 is 1.87. The summed E-state index contributed by atoms with van der Waals surface area (Å²) in [5, 5.41) is 5.81. The zero-order valence-corrected chi connectivity index (χ0v) is 16.9. The molecular weight excluding hydrogens is 340 g/mol. The first-order valence-electron chi connectivity index (χ1n) is 9.38. The molecule has 0 amide bonds. The number of nitrogens with zero attached hydrogens (tertiary/aromatic N) is 3. The van der Waals surface area contributed by atoms with Gasteiger partial charge >= 0.3 is 0 Å². The summed E-state index contributed by atoms with van der Waals surface area (Å²) in [4.78, 5) is 10.7. The van der Waals surface area contributed by atoms with E-state index in [1.54, 1.807) is 0 Å². The van der Waals surface area contributed by atoms with E-state index in [0.717, 1.165) is 19.0 Å². The van der Waals surface area contributed by atoms with Crippen LogP contribution in [0.1, 0.15) is 29.3 Å². The molecule has 0 aliphatic carbocycles. The smallest absolute Gasteiger partial charge is 0.193 e. The molecule has 1 saturated heterocycles. The third kappa shape index (κ3) is 4.65. The molecule has 0 saturated carbocycles. The lowest BCUT2D eigenvalue weighted by Gasteiger charge is -2.39. The van der Waals surface area contributed by atoms with Gasteiger partial charge in [-0.2, -0.15) is 0 Å². The van der Waals surface area contributed by atoms with Crippen molar-refractivity contribution in [1.82, 2.24) is 15.1 Å². The Kier molecular flexibility index (Phi) is 6.69. The summed E-state index contributed by atoms with van der Waals surface area (Å²) in [7, 11) is 6.23. The highest BCUT2D eigenvalue weighted by Gasteiger charge is 2.31. The molecule has 1 fully saturated rings. The van der Waals surface area contributed by atoms with Gasteiger partial charge in [-0.05, 0) is 49.4 Å². The fourth-order valence-electron chi connectivity index (χ4n) is 3.92. The predicted molar refractivity (Wildman–Crippen MR) is 112 cm³/mol. The Bertz CT molecular complexity index is 683. The zero-order chi connectivity index (χ0) is 18.4. The van der Waals surface area contributed by atoms with E-state index in [1.165, 1.54) is 29.8 Å². The average molecular weight is 371 g/mol. The van der Waals surface area contributed by atoms with Crippen LogP contribution in [0.15, 0.2) is 52.8 Å². The molecule has 0 bridgehead atoms. The second-order valence-corrected chi connectivity index (χ2v) is 8.09. The van der Waals surface area contributed by atoms with Crippen LogP contribution in [0.2, 0.25) is 0 Å². The van der Waals surface area contributed by atoms with Gasteiger partial charge in [-0.3, -0.25) is 9.89 Å². The summed E-state index contributed by atoms with van der Waals surface area (Å²) in [5.74, 6) is 1.57. The second kappa shape index (κ2) is 9.19. The second-order valence-electron chi connectivity index (χ2n) is 7.11. The molecule has 2 aromatic rings. The van der Waals surface area contributed by atoms with Crippen LogP contribution >= 0.6 is 11.3 Å². The monoisotopic (exact) mass is 370 g/mol. The van der Waals surface area contributed by atoms with Crippen LogP contribution in [-0.4, -0.2) is 50.0 Å². The van der Waals surface area contributed by atoms with Gasteiger partial charge in [-0.25, -0.2) is 0 Å². The maximum atomic E-state index is 4.50. The third-order valence-corrected chi connectivity index (χ3v) is 6.14. The Morgan fingerprint density at radius 1 is 1.27 bits per heavy atom. The lowest BCUT2D eigenvalue weighted by atomic mass is 9.88. The van der Waals surface area contributed by atoms with Gasteiger partial charge in [0, 0.05) is 38.1 Å². The van der Waals surface area contributed by atoms with Crippen molar-refractivity contribution in [3.8, 4) is 0 Å². The molecule has 1 aromatic carbocycles. The molecular formula is C21H30N4S. The average Bonchev–Trinajstić information content (AvgIpc) is 3.17. The number of rotatable bonds is 5. The standard InChI is InChI=1S/C21H30N4S/c1-22-21(25(3)16-17-9-5-4-6-10-17)23-15-18-11-7-13-24(2)20(18)19-12-8-14-26-19/h4-6,8-10,12,14,18,20H,7,11,13,15-16H2,1-3H3,(H,22,23). The Hall–Kier alpha value is -1.85. The van der Waals surface area contributed by atoms with Gasteiger partial charge < -0.3 is 10.2 Å². The fraction of sp³-hybridized carbons (Fsp3) is 0.476. The van der Waals surface area contributed by atoms with E-state index in [4.69, 9.17) is 0 Å². The number of hydrogen-bond acceptors (Lipinski definition) is 3. The van der Waals surface area contributed by atoms with Gasteiger partial charge in [0.15, 0.2) is 5.96 Å². The molecule has 1 aliphatic heterocycles.